The first-order valence-corrected chi connectivity index (χ1v) is 9.23. The molecule has 0 amide bonds. The second kappa shape index (κ2) is 6.98. The average molecular weight is 344 g/mol. The number of benzene rings is 2. The summed E-state index contributed by atoms with van der Waals surface area (Å²) >= 11 is 0. The van der Waals surface area contributed by atoms with Crippen LogP contribution in [-0.2, 0) is 16.7 Å². The molecular weight excluding hydrogens is 326 g/mol. The van der Waals surface area contributed by atoms with Gasteiger partial charge < -0.3 is 4.42 Å². The summed E-state index contributed by atoms with van der Waals surface area (Å²) in [5.74, 6) is 1.09. The van der Waals surface area contributed by atoms with Crippen molar-refractivity contribution in [2.45, 2.75) is 13.0 Å². The lowest BCUT2D eigenvalue weighted by atomic mass is 10.2. The maximum atomic E-state index is 10.9. The molecule has 2 aromatic carbocycles. The van der Waals surface area contributed by atoms with E-state index in [4.69, 9.17) is 8.97 Å². The summed E-state index contributed by atoms with van der Waals surface area (Å²) in [6.07, 6.45) is 2.17. The summed E-state index contributed by atoms with van der Waals surface area (Å²) in [7, 11) is -3.96. The molecule has 0 aliphatic carbocycles. The predicted octanol–water partition coefficient (Wildman–Crippen LogP) is 3.18. The number of hydrogen-bond acceptors (Lipinski definition) is 3. The summed E-state index contributed by atoms with van der Waals surface area (Å²) in [6.45, 7) is 0.431. The van der Waals surface area contributed by atoms with E-state index in [0.29, 0.717) is 24.6 Å². The number of aryl methyl sites for hydroxylation is 1. The zero-order chi connectivity index (χ0) is 17.0. The first-order valence-electron chi connectivity index (χ1n) is 7.62. The van der Waals surface area contributed by atoms with Crippen molar-refractivity contribution in [2.75, 3.05) is 5.75 Å². The molecule has 5 nitrogen and oxygen atoms in total. The molecule has 0 aliphatic heterocycles. The third-order valence-electron chi connectivity index (χ3n) is 3.62. The molecular formula is C18H18NO4S+. The highest BCUT2D eigenvalue weighted by molar-refractivity contribution is 7.85. The van der Waals surface area contributed by atoms with Gasteiger partial charge >= 0.3 is 5.89 Å². The molecule has 0 fully saturated rings. The van der Waals surface area contributed by atoms with Gasteiger partial charge in [0.1, 0.15) is 0 Å². The van der Waals surface area contributed by atoms with E-state index in [-0.39, 0.29) is 5.75 Å². The van der Waals surface area contributed by atoms with Crippen LogP contribution in [0.25, 0.3) is 22.8 Å². The molecule has 3 rings (SSSR count). The van der Waals surface area contributed by atoms with Crippen LogP contribution >= 0.6 is 0 Å². The van der Waals surface area contributed by atoms with Gasteiger partial charge in [0.05, 0.1) is 11.3 Å². The van der Waals surface area contributed by atoms with Gasteiger partial charge in [0, 0.05) is 12.0 Å². The number of nitrogens with zero attached hydrogens (tertiary/aromatic N) is 1. The summed E-state index contributed by atoms with van der Waals surface area (Å²) in [4.78, 5) is 0. The van der Waals surface area contributed by atoms with Crippen LogP contribution in [0.4, 0.5) is 0 Å². The number of hydrogen-bond donors (Lipinski definition) is 1. The Morgan fingerprint density at radius 2 is 1.50 bits per heavy atom. The SMILES string of the molecule is O=S(=O)(O)CCC[n+]1cc(-c2ccccc2)oc1-c1ccccc1. The van der Waals surface area contributed by atoms with Gasteiger partial charge in [-0.15, -0.1) is 0 Å². The molecule has 0 saturated carbocycles. The molecule has 3 aromatic rings. The van der Waals surface area contributed by atoms with Gasteiger partial charge in [-0.25, -0.2) is 0 Å². The van der Waals surface area contributed by atoms with Crippen molar-refractivity contribution in [3.05, 3.63) is 66.9 Å². The fraction of sp³-hybridized carbons (Fsp3) is 0.167. The van der Waals surface area contributed by atoms with E-state index >= 15 is 0 Å². The standard InChI is InChI=1S/C18H17NO4S/c20-24(21,22)13-7-12-19-14-17(15-8-3-1-4-9-15)23-18(19)16-10-5-2-6-11-16/h1-6,8-11,14H,7,12-13H2/p+1. The minimum atomic E-state index is -3.96. The Balaban J connectivity index is 1.94. The highest BCUT2D eigenvalue weighted by Crippen LogP contribution is 2.24. The zero-order valence-electron chi connectivity index (χ0n) is 13.0. The lowest BCUT2D eigenvalue weighted by molar-refractivity contribution is -0.688. The summed E-state index contributed by atoms with van der Waals surface area (Å²) in [6, 6.07) is 19.3. The Labute approximate surface area is 140 Å². The predicted molar refractivity (Wildman–Crippen MR) is 90.8 cm³/mol. The second-order valence-electron chi connectivity index (χ2n) is 5.47. The third-order valence-corrected chi connectivity index (χ3v) is 4.43. The molecule has 124 valence electrons. The molecule has 0 radical (unpaired) electrons. The highest BCUT2D eigenvalue weighted by Gasteiger charge is 2.22. The Morgan fingerprint density at radius 1 is 0.917 bits per heavy atom. The van der Waals surface area contributed by atoms with Gasteiger partial charge in [-0.1, -0.05) is 48.5 Å². The van der Waals surface area contributed by atoms with E-state index < -0.39 is 10.1 Å². The smallest absolute Gasteiger partial charge is 0.381 e. The lowest BCUT2D eigenvalue weighted by Gasteiger charge is -1.97. The lowest BCUT2D eigenvalue weighted by Crippen LogP contribution is -2.34. The van der Waals surface area contributed by atoms with Crippen molar-refractivity contribution in [2.24, 2.45) is 0 Å². The number of aromatic nitrogens is 1. The Kier molecular flexibility index (Phi) is 4.78. The average Bonchev–Trinajstić information content (AvgIpc) is 2.99. The van der Waals surface area contributed by atoms with Crippen molar-refractivity contribution in [3.63, 3.8) is 0 Å². The first-order chi connectivity index (χ1) is 11.5. The molecule has 0 atom stereocenters. The van der Waals surface area contributed by atoms with Crippen LogP contribution in [0.2, 0.25) is 0 Å². The van der Waals surface area contributed by atoms with Crippen LogP contribution in [0.3, 0.4) is 0 Å². The van der Waals surface area contributed by atoms with E-state index in [9.17, 15) is 8.42 Å². The zero-order valence-corrected chi connectivity index (χ0v) is 13.8. The van der Waals surface area contributed by atoms with Gasteiger partial charge in [0.2, 0.25) is 12.0 Å². The van der Waals surface area contributed by atoms with Crippen molar-refractivity contribution in [1.29, 1.82) is 0 Å². The van der Waals surface area contributed by atoms with Gasteiger partial charge in [0.15, 0.2) is 6.54 Å². The molecule has 6 heteroatoms. The molecule has 1 heterocycles. The Hall–Kier alpha value is -2.44. The van der Waals surface area contributed by atoms with Gasteiger partial charge in [-0.3, -0.25) is 4.55 Å². The monoisotopic (exact) mass is 344 g/mol. The molecule has 1 N–H and O–H groups in total. The van der Waals surface area contributed by atoms with Gasteiger partial charge in [0.25, 0.3) is 10.1 Å². The fourth-order valence-corrected chi connectivity index (χ4v) is 3.01. The molecule has 0 aliphatic rings. The van der Waals surface area contributed by atoms with Crippen LogP contribution in [0, 0.1) is 0 Å². The number of rotatable bonds is 6. The number of oxazole rings is 1. The summed E-state index contributed by atoms with van der Waals surface area (Å²) in [5.41, 5.74) is 1.86. The van der Waals surface area contributed by atoms with E-state index in [0.717, 1.165) is 11.1 Å². The molecule has 0 saturated heterocycles. The van der Waals surface area contributed by atoms with Crippen LogP contribution in [0.1, 0.15) is 6.42 Å². The fourth-order valence-electron chi connectivity index (χ4n) is 2.51. The second-order valence-corrected chi connectivity index (χ2v) is 7.04. The van der Waals surface area contributed by atoms with Crippen molar-refractivity contribution >= 4 is 10.1 Å². The quantitative estimate of drug-likeness (QED) is 0.551. The summed E-state index contributed by atoms with van der Waals surface area (Å²) < 4.78 is 38.7. The van der Waals surface area contributed by atoms with Crippen molar-refractivity contribution in [1.82, 2.24) is 0 Å². The van der Waals surface area contributed by atoms with Crippen molar-refractivity contribution in [3.8, 4) is 22.8 Å². The minimum absolute atomic E-state index is 0.278. The van der Waals surface area contributed by atoms with Crippen LogP contribution in [-0.4, -0.2) is 18.7 Å². The van der Waals surface area contributed by atoms with Gasteiger partial charge in [-0.2, -0.15) is 13.0 Å². The summed E-state index contributed by atoms with van der Waals surface area (Å²) in [5, 5.41) is 0. The van der Waals surface area contributed by atoms with E-state index in [1.807, 2.05) is 71.4 Å². The maximum absolute atomic E-state index is 10.9. The molecule has 24 heavy (non-hydrogen) atoms. The normalized spacial score (nSPS) is 11.5. The Bertz CT molecular complexity index is 903. The third kappa shape index (κ3) is 4.10. The Morgan fingerprint density at radius 3 is 2.08 bits per heavy atom. The van der Waals surface area contributed by atoms with Crippen LogP contribution in [0.15, 0.2) is 71.3 Å². The highest BCUT2D eigenvalue weighted by atomic mass is 32.2. The molecule has 0 spiro atoms. The van der Waals surface area contributed by atoms with Crippen LogP contribution < -0.4 is 4.57 Å². The van der Waals surface area contributed by atoms with Crippen LogP contribution in [0.5, 0.6) is 0 Å². The van der Waals surface area contributed by atoms with Gasteiger partial charge in [-0.05, 0) is 12.1 Å². The van der Waals surface area contributed by atoms with Crippen molar-refractivity contribution < 1.29 is 22.0 Å². The minimum Gasteiger partial charge on any atom is -0.398 e. The van der Waals surface area contributed by atoms with E-state index in [1.54, 1.807) is 0 Å². The molecule has 1 aromatic heterocycles. The largest absolute Gasteiger partial charge is 0.398 e. The first kappa shape index (κ1) is 16.4. The maximum Gasteiger partial charge on any atom is 0.381 e. The molecule has 0 unspecified atom stereocenters. The topological polar surface area (TPSA) is 71.4 Å². The van der Waals surface area contributed by atoms with E-state index in [1.165, 1.54) is 0 Å². The molecule has 0 bridgehead atoms. The van der Waals surface area contributed by atoms with E-state index in [2.05, 4.69) is 0 Å².